The van der Waals surface area contributed by atoms with Crippen molar-refractivity contribution in [3.8, 4) is 0 Å². The predicted molar refractivity (Wildman–Crippen MR) is 50.3 cm³/mol. The van der Waals surface area contributed by atoms with Crippen LogP contribution in [0.3, 0.4) is 0 Å². The monoisotopic (exact) mass is 210 g/mol. The maximum absolute atomic E-state index is 13.4. The molecule has 0 saturated heterocycles. The smallest absolute Gasteiger partial charge is 0.328 e. The molecule has 1 aromatic rings. The number of benzene rings is 1. The van der Waals surface area contributed by atoms with Gasteiger partial charge >= 0.3 is 5.97 Å². The van der Waals surface area contributed by atoms with Gasteiger partial charge in [-0.25, -0.2) is 13.6 Å². The van der Waals surface area contributed by atoms with Gasteiger partial charge in [0, 0.05) is 11.6 Å². The molecule has 1 aliphatic rings. The molecular weight excluding hydrogens is 202 g/mol. The van der Waals surface area contributed by atoms with Crippen LogP contribution in [0.2, 0.25) is 0 Å². The fourth-order valence-corrected chi connectivity index (χ4v) is 1.86. The van der Waals surface area contributed by atoms with E-state index in [0.29, 0.717) is 18.4 Å². The van der Waals surface area contributed by atoms with Crippen molar-refractivity contribution < 1.29 is 18.7 Å². The summed E-state index contributed by atoms with van der Waals surface area (Å²) in [5.41, 5.74) is 0.759. The summed E-state index contributed by atoms with van der Waals surface area (Å²) in [7, 11) is 0. The van der Waals surface area contributed by atoms with Crippen LogP contribution in [0.15, 0.2) is 18.2 Å². The minimum atomic E-state index is -1.14. The summed E-state index contributed by atoms with van der Waals surface area (Å²) in [6, 6.07) is 2.09. The Kier molecular flexibility index (Phi) is 2.26. The Morgan fingerprint density at radius 3 is 2.60 bits per heavy atom. The van der Waals surface area contributed by atoms with E-state index in [2.05, 4.69) is 0 Å². The number of hydrogen-bond acceptors (Lipinski definition) is 1. The molecule has 1 aliphatic carbocycles. The summed E-state index contributed by atoms with van der Waals surface area (Å²) in [4.78, 5) is 10.5. The van der Waals surface area contributed by atoms with E-state index in [1.807, 2.05) is 0 Å². The normalized spacial score (nSPS) is 16.8. The number of carboxylic acids is 1. The minimum Gasteiger partial charge on any atom is -0.478 e. The van der Waals surface area contributed by atoms with Gasteiger partial charge in [-0.05, 0) is 36.1 Å². The largest absolute Gasteiger partial charge is 0.478 e. The van der Waals surface area contributed by atoms with Crippen molar-refractivity contribution in [3.63, 3.8) is 0 Å². The number of rotatable bonds is 1. The van der Waals surface area contributed by atoms with Crippen LogP contribution >= 0.6 is 0 Å². The van der Waals surface area contributed by atoms with Gasteiger partial charge in [0.15, 0.2) is 0 Å². The zero-order chi connectivity index (χ0) is 11.0. The molecule has 0 unspecified atom stereocenters. The Morgan fingerprint density at radius 2 is 1.93 bits per heavy atom. The summed E-state index contributed by atoms with van der Waals surface area (Å²) in [5, 5.41) is 8.57. The molecule has 15 heavy (non-hydrogen) atoms. The van der Waals surface area contributed by atoms with Crippen molar-refractivity contribution in [1.82, 2.24) is 0 Å². The molecule has 0 radical (unpaired) electrons. The maximum atomic E-state index is 13.4. The van der Waals surface area contributed by atoms with Gasteiger partial charge in [-0.1, -0.05) is 0 Å². The lowest BCUT2D eigenvalue weighted by Gasteiger charge is -2.02. The van der Waals surface area contributed by atoms with Gasteiger partial charge in [-0.15, -0.1) is 0 Å². The van der Waals surface area contributed by atoms with Crippen LogP contribution in [0.4, 0.5) is 8.78 Å². The van der Waals surface area contributed by atoms with Crippen LogP contribution in [0.1, 0.15) is 17.5 Å². The fourth-order valence-electron chi connectivity index (χ4n) is 1.86. The van der Waals surface area contributed by atoms with Gasteiger partial charge in [0.05, 0.1) is 0 Å². The van der Waals surface area contributed by atoms with Crippen molar-refractivity contribution in [2.75, 3.05) is 0 Å². The summed E-state index contributed by atoms with van der Waals surface area (Å²) >= 11 is 0. The molecule has 1 aromatic carbocycles. The van der Waals surface area contributed by atoms with Crippen LogP contribution in [-0.4, -0.2) is 11.1 Å². The molecule has 4 heteroatoms. The minimum absolute atomic E-state index is 0.123. The number of carboxylic acid groups (broad SMARTS) is 1. The van der Waals surface area contributed by atoms with Crippen molar-refractivity contribution in [3.05, 3.63) is 41.0 Å². The lowest BCUT2D eigenvalue weighted by Crippen LogP contribution is -1.94. The van der Waals surface area contributed by atoms with Gasteiger partial charge in [-0.2, -0.15) is 0 Å². The highest BCUT2D eigenvalue weighted by Gasteiger charge is 2.23. The molecule has 0 saturated carbocycles. The molecule has 0 atom stereocenters. The van der Waals surface area contributed by atoms with Gasteiger partial charge < -0.3 is 5.11 Å². The molecule has 2 rings (SSSR count). The first kappa shape index (κ1) is 9.83. The van der Waals surface area contributed by atoms with E-state index in [9.17, 15) is 13.6 Å². The van der Waals surface area contributed by atoms with Crippen molar-refractivity contribution in [1.29, 1.82) is 0 Å². The lowest BCUT2D eigenvalue weighted by molar-refractivity contribution is -0.131. The first-order valence-electron chi connectivity index (χ1n) is 4.50. The van der Waals surface area contributed by atoms with Crippen LogP contribution in [0.25, 0.3) is 5.57 Å². The molecule has 2 nitrogen and oxygen atoms in total. The zero-order valence-corrected chi connectivity index (χ0v) is 7.76. The summed E-state index contributed by atoms with van der Waals surface area (Å²) in [5.74, 6) is -2.17. The molecule has 0 spiro atoms. The Balaban J connectivity index is 2.60. The number of aliphatic carboxylic acids is 1. The highest BCUT2D eigenvalue weighted by atomic mass is 19.1. The van der Waals surface area contributed by atoms with E-state index in [1.165, 1.54) is 0 Å². The molecule has 0 fully saturated rings. The van der Waals surface area contributed by atoms with Crippen molar-refractivity contribution in [2.24, 2.45) is 0 Å². The number of halogens is 2. The molecule has 0 heterocycles. The lowest BCUT2D eigenvalue weighted by atomic mass is 10.1. The summed E-state index contributed by atoms with van der Waals surface area (Å²) in [6.07, 6.45) is 1.67. The molecule has 1 N–H and O–H groups in total. The van der Waals surface area contributed by atoms with Crippen LogP contribution < -0.4 is 0 Å². The Bertz CT molecular complexity index is 464. The Labute approximate surface area is 84.8 Å². The standard InChI is InChI=1S/C11H8F2O2/c12-8-3-4-9(13)11-6(5-10(14)15)1-2-7(8)11/h3-5H,1-2H2,(H,14,15)/b6-5+. The number of carbonyl (C=O) groups is 1. The van der Waals surface area contributed by atoms with Crippen molar-refractivity contribution in [2.45, 2.75) is 12.8 Å². The molecule has 0 amide bonds. The van der Waals surface area contributed by atoms with Crippen LogP contribution in [0.5, 0.6) is 0 Å². The van der Waals surface area contributed by atoms with Gasteiger partial charge in [0.25, 0.3) is 0 Å². The first-order valence-corrected chi connectivity index (χ1v) is 4.50. The van der Waals surface area contributed by atoms with E-state index < -0.39 is 17.6 Å². The third-order valence-corrected chi connectivity index (χ3v) is 2.47. The van der Waals surface area contributed by atoms with Crippen LogP contribution in [-0.2, 0) is 11.2 Å². The quantitative estimate of drug-likeness (QED) is 0.722. The predicted octanol–water partition coefficient (Wildman–Crippen LogP) is 2.38. The van der Waals surface area contributed by atoms with E-state index in [0.717, 1.165) is 18.2 Å². The second-order valence-corrected chi connectivity index (χ2v) is 3.39. The zero-order valence-electron chi connectivity index (χ0n) is 7.76. The van der Waals surface area contributed by atoms with E-state index in [4.69, 9.17) is 5.11 Å². The van der Waals surface area contributed by atoms with Gasteiger partial charge in [0.2, 0.25) is 0 Å². The second-order valence-electron chi connectivity index (χ2n) is 3.39. The fraction of sp³-hybridized carbons (Fsp3) is 0.182. The number of allylic oxidation sites excluding steroid dienone is 1. The molecule has 78 valence electrons. The summed E-state index contributed by atoms with van der Waals surface area (Å²) < 4.78 is 26.6. The number of hydrogen-bond donors (Lipinski definition) is 1. The highest BCUT2D eigenvalue weighted by Crippen LogP contribution is 2.35. The average Bonchev–Trinajstić information content (AvgIpc) is 2.56. The first-order chi connectivity index (χ1) is 7.09. The summed E-state index contributed by atoms with van der Waals surface area (Å²) in [6.45, 7) is 0. The van der Waals surface area contributed by atoms with Gasteiger partial charge in [-0.3, -0.25) is 0 Å². The molecular formula is C11H8F2O2. The SMILES string of the molecule is O=C(O)/C=C1\CCc2c(F)ccc(F)c21. The van der Waals surface area contributed by atoms with Crippen molar-refractivity contribution >= 4 is 11.5 Å². The molecule has 0 bridgehead atoms. The molecule has 0 aliphatic heterocycles. The van der Waals surface area contributed by atoms with Crippen LogP contribution in [0, 0.1) is 11.6 Å². The second kappa shape index (κ2) is 3.46. The topological polar surface area (TPSA) is 37.3 Å². The maximum Gasteiger partial charge on any atom is 0.328 e. The van der Waals surface area contributed by atoms with Gasteiger partial charge in [0.1, 0.15) is 11.6 Å². The van der Waals surface area contributed by atoms with E-state index >= 15 is 0 Å². The van der Waals surface area contributed by atoms with E-state index in [-0.39, 0.29) is 11.1 Å². The Morgan fingerprint density at radius 1 is 1.27 bits per heavy atom. The third-order valence-electron chi connectivity index (χ3n) is 2.47. The third kappa shape index (κ3) is 1.63. The Hall–Kier alpha value is -1.71. The molecule has 0 aromatic heterocycles. The highest BCUT2D eigenvalue weighted by molar-refractivity contribution is 5.91. The average molecular weight is 210 g/mol. The van der Waals surface area contributed by atoms with E-state index in [1.54, 1.807) is 0 Å². The number of fused-ring (bicyclic) bond motifs is 1.